The van der Waals surface area contributed by atoms with Gasteiger partial charge in [0.05, 0.1) is 13.2 Å². The van der Waals surface area contributed by atoms with Crippen LogP contribution in [-0.2, 0) is 10.0 Å². The largest absolute Gasteiger partial charge is 0.395 e. The predicted octanol–water partition coefficient (Wildman–Crippen LogP) is -0.182. The Kier molecular flexibility index (Phi) is 6.61. The Morgan fingerprint density at radius 1 is 1.30 bits per heavy atom. The van der Waals surface area contributed by atoms with Gasteiger partial charge >= 0.3 is 0 Å². The summed E-state index contributed by atoms with van der Waals surface area (Å²) >= 11 is 0. The molecule has 0 unspecified atom stereocenters. The van der Waals surface area contributed by atoms with Crippen LogP contribution in [0.5, 0.6) is 0 Å². The van der Waals surface area contributed by atoms with Crippen LogP contribution in [0.1, 0.15) is 18.9 Å². The number of rotatable bonds is 6. The van der Waals surface area contributed by atoms with Gasteiger partial charge in [-0.05, 0) is 6.07 Å². The fourth-order valence-corrected chi connectivity index (χ4v) is 2.99. The molecular weight excluding hydrogens is 280 g/mol. The monoisotopic (exact) mass is 298 g/mol. The lowest BCUT2D eigenvalue weighted by molar-refractivity contribution is 0.257. The van der Waals surface area contributed by atoms with Crippen molar-refractivity contribution in [1.82, 2.24) is 9.29 Å². The molecule has 0 amide bonds. The predicted molar refractivity (Wildman–Crippen MR) is 74.3 cm³/mol. The van der Waals surface area contributed by atoms with Crippen molar-refractivity contribution in [3.63, 3.8) is 0 Å². The molecule has 1 rings (SSSR count). The van der Waals surface area contributed by atoms with Crippen molar-refractivity contribution in [2.24, 2.45) is 0 Å². The minimum atomic E-state index is -3.67. The van der Waals surface area contributed by atoms with Crippen LogP contribution in [0.3, 0.4) is 0 Å². The minimum absolute atomic E-state index is 0.0409. The van der Waals surface area contributed by atoms with Crippen LogP contribution in [-0.4, -0.2) is 54.2 Å². The van der Waals surface area contributed by atoms with Gasteiger partial charge in [0.2, 0.25) is 10.0 Å². The molecule has 1 aromatic rings. The molecule has 0 aliphatic heterocycles. The summed E-state index contributed by atoms with van der Waals surface area (Å²) in [4.78, 5) is 3.92. The van der Waals surface area contributed by atoms with Crippen molar-refractivity contribution in [1.29, 1.82) is 0 Å². The van der Waals surface area contributed by atoms with Gasteiger partial charge in [0.15, 0.2) is 0 Å². The molecular formula is C13H18N2O4S. The summed E-state index contributed by atoms with van der Waals surface area (Å²) in [6, 6.07) is 1.44. The van der Waals surface area contributed by atoms with Gasteiger partial charge in [-0.15, -0.1) is 0 Å². The second-order valence-corrected chi connectivity index (χ2v) is 5.84. The van der Waals surface area contributed by atoms with Gasteiger partial charge in [-0.1, -0.05) is 18.8 Å². The molecule has 2 N–H and O–H groups in total. The first kappa shape index (κ1) is 16.6. The van der Waals surface area contributed by atoms with Crippen molar-refractivity contribution in [3.05, 3.63) is 24.0 Å². The van der Waals surface area contributed by atoms with Gasteiger partial charge in [0, 0.05) is 37.5 Å². The highest BCUT2D eigenvalue weighted by Gasteiger charge is 2.22. The van der Waals surface area contributed by atoms with Gasteiger partial charge in [0.1, 0.15) is 4.90 Å². The van der Waals surface area contributed by atoms with E-state index in [2.05, 4.69) is 16.8 Å². The SMILES string of the molecule is CCN(CCO)S(=O)(=O)c1cncc(C#CCCO)c1. The van der Waals surface area contributed by atoms with Crippen molar-refractivity contribution < 1.29 is 18.6 Å². The number of nitrogens with zero attached hydrogens (tertiary/aromatic N) is 2. The number of hydrogen-bond donors (Lipinski definition) is 2. The quantitative estimate of drug-likeness (QED) is 0.711. The number of sulfonamides is 1. The Labute approximate surface area is 119 Å². The number of aromatic nitrogens is 1. The zero-order valence-corrected chi connectivity index (χ0v) is 12.1. The number of pyridine rings is 1. The standard InChI is InChI=1S/C13H18N2O4S/c1-2-15(6-8-17)20(18,19)13-9-12(10-14-11-13)5-3-4-7-16/h9-11,16-17H,2,4,6-8H2,1H3. The van der Waals surface area contributed by atoms with Crippen LogP contribution in [0.4, 0.5) is 0 Å². The summed E-state index contributed by atoms with van der Waals surface area (Å²) in [6.07, 6.45) is 3.04. The average Bonchev–Trinajstić information content (AvgIpc) is 2.45. The molecule has 0 spiro atoms. The van der Waals surface area contributed by atoms with Gasteiger partial charge in [-0.25, -0.2) is 8.42 Å². The van der Waals surface area contributed by atoms with E-state index < -0.39 is 10.0 Å². The molecule has 6 nitrogen and oxygen atoms in total. The lowest BCUT2D eigenvalue weighted by atomic mass is 10.3. The Morgan fingerprint density at radius 3 is 2.65 bits per heavy atom. The molecule has 0 aromatic carbocycles. The average molecular weight is 298 g/mol. The Morgan fingerprint density at radius 2 is 2.05 bits per heavy atom. The van der Waals surface area contributed by atoms with Crippen LogP contribution < -0.4 is 0 Å². The van der Waals surface area contributed by atoms with Crippen molar-refractivity contribution >= 4 is 10.0 Å². The van der Waals surface area contributed by atoms with E-state index in [0.717, 1.165) is 0 Å². The number of hydrogen-bond acceptors (Lipinski definition) is 5. The van der Waals surface area contributed by atoms with E-state index in [9.17, 15) is 8.42 Å². The fourth-order valence-electron chi connectivity index (χ4n) is 1.56. The van der Waals surface area contributed by atoms with E-state index in [0.29, 0.717) is 12.0 Å². The lowest BCUT2D eigenvalue weighted by Gasteiger charge is -2.19. The van der Waals surface area contributed by atoms with E-state index in [4.69, 9.17) is 10.2 Å². The third-order valence-electron chi connectivity index (χ3n) is 2.52. The van der Waals surface area contributed by atoms with E-state index in [1.165, 1.54) is 22.8 Å². The van der Waals surface area contributed by atoms with E-state index in [1.807, 2.05) is 0 Å². The zero-order chi connectivity index (χ0) is 15.0. The van der Waals surface area contributed by atoms with Gasteiger partial charge in [-0.3, -0.25) is 4.98 Å². The summed E-state index contributed by atoms with van der Waals surface area (Å²) in [5.41, 5.74) is 0.472. The summed E-state index contributed by atoms with van der Waals surface area (Å²) in [6.45, 7) is 1.73. The molecule has 0 saturated carbocycles. The Balaban J connectivity index is 3.07. The third-order valence-corrected chi connectivity index (χ3v) is 4.46. The molecule has 0 bridgehead atoms. The highest BCUT2D eigenvalue weighted by atomic mass is 32.2. The molecule has 1 aromatic heterocycles. The molecule has 0 atom stereocenters. The fraction of sp³-hybridized carbons (Fsp3) is 0.462. The third kappa shape index (κ3) is 4.28. The maximum Gasteiger partial charge on any atom is 0.244 e. The second kappa shape index (κ2) is 7.97. The molecule has 110 valence electrons. The molecule has 0 aliphatic rings. The minimum Gasteiger partial charge on any atom is -0.395 e. The molecule has 7 heteroatoms. The van der Waals surface area contributed by atoms with Crippen LogP contribution in [0.25, 0.3) is 0 Å². The van der Waals surface area contributed by atoms with Crippen LogP contribution in [0.15, 0.2) is 23.4 Å². The smallest absolute Gasteiger partial charge is 0.244 e. The molecule has 0 saturated heterocycles. The topological polar surface area (TPSA) is 90.7 Å². The Bertz CT molecular complexity index is 590. The van der Waals surface area contributed by atoms with E-state index in [-0.39, 0.29) is 31.2 Å². The normalized spacial score (nSPS) is 11.2. The second-order valence-electron chi connectivity index (χ2n) is 3.91. The molecule has 0 fully saturated rings. The lowest BCUT2D eigenvalue weighted by Crippen LogP contribution is -2.33. The number of likely N-dealkylation sites (N-methyl/N-ethyl adjacent to an activating group) is 1. The van der Waals surface area contributed by atoms with Crippen LogP contribution in [0.2, 0.25) is 0 Å². The number of aliphatic hydroxyl groups is 2. The first-order valence-corrected chi connectivity index (χ1v) is 7.66. The molecule has 20 heavy (non-hydrogen) atoms. The number of aliphatic hydroxyl groups excluding tert-OH is 2. The molecule has 0 aliphatic carbocycles. The maximum absolute atomic E-state index is 12.3. The molecule has 0 radical (unpaired) electrons. The van der Waals surface area contributed by atoms with E-state index in [1.54, 1.807) is 6.92 Å². The first-order valence-electron chi connectivity index (χ1n) is 6.22. The summed E-state index contributed by atoms with van der Waals surface area (Å²) < 4.78 is 25.8. The molecule has 1 heterocycles. The van der Waals surface area contributed by atoms with Crippen molar-refractivity contribution in [3.8, 4) is 11.8 Å². The zero-order valence-electron chi connectivity index (χ0n) is 11.3. The highest BCUT2D eigenvalue weighted by Crippen LogP contribution is 2.15. The van der Waals surface area contributed by atoms with Gasteiger partial charge in [-0.2, -0.15) is 4.31 Å². The summed E-state index contributed by atoms with van der Waals surface area (Å²) in [5.74, 6) is 5.45. The first-order chi connectivity index (χ1) is 9.56. The maximum atomic E-state index is 12.3. The Hall–Kier alpha value is -1.46. The van der Waals surface area contributed by atoms with Gasteiger partial charge in [0.25, 0.3) is 0 Å². The van der Waals surface area contributed by atoms with Crippen molar-refractivity contribution in [2.45, 2.75) is 18.2 Å². The highest BCUT2D eigenvalue weighted by molar-refractivity contribution is 7.89. The summed E-state index contributed by atoms with van der Waals surface area (Å²) in [7, 11) is -3.67. The van der Waals surface area contributed by atoms with Gasteiger partial charge < -0.3 is 10.2 Å². The van der Waals surface area contributed by atoms with E-state index >= 15 is 0 Å². The van der Waals surface area contributed by atoms with Crippen molar-refractivity contribution in [2.75, 3.05) is 26.3 Å². The summed E-state index contributed by atoms with van der Waals surface area (Å²) in [5, 5.41) is 17.6. The van der Waals surface area contributed by atoms with Crippen LogP contribution in [0, 0.1) is 11.8 Å². The van der Waals surface area contributed by atoms with Crippen LogP contribution >= 0.6 is 0 Å².